The maximum atomic E-state index is 9.32. The molecule has 0 saturated carbocycles. The lowest BCUT2D eigenvalue weighted by atomic mass is 10.2. The van der Waals surface area contributed by atoms with Crippen LogP contribution < -0.4 is 4.74 Å². The van der Waals surface area contributed by atoms with Crippen molar-refractivity contribution in [2.24, 2.45) is 0 Å². The molecule has 3 nitrogen and oxygen atoms in total. The van der Waals surface area contributed by atoms with E-state index in [1.807, 2.05) is 24.3 Å². The van der Waals surface area contributed by atoms with Crippen molar-refractivity contribution in [3.05, 3.63) is 57.0 Å². The van der Waals surface area contributed by atoms with E-state index in [2.05, 4.69) is 0 Å². The number of aromatic hydroxyl groups is 1. The maximum absolute atomic E-state index is 9.32. The SMILES string of the molecule is Oc1cc(Cl)c(OCCOCc2ccc(Cl)cc2)c(Cl)c1. The highest BCUT2D eigenvalue weighted by atomic mass is 35.5. The van der Waals surface area contributed by atoms with Crippen molar-refractivity contribution in [2.45, 2.75) is 6.61 Å². The van der Waals surface area contributed by atoms with E-state index in [-0.39, 0.29) is 15.8 Å². The van der Waals surface area contributed by atoms with Crippen LogP contribution in [0, 0.1) is 0 Å². The second-order valence-electron chi connectivity index (χ2n) is 4.27. The van der Waals surface area contributed by atoms with Gasteiger partial charge in [0.15, 0.2) is 5.75 Å². The highest BCUT2D eigenvalue weighted by Gasteiger charge is 2.09. The molecule has 0 fully saturated rings. The first-order valence-corrected chi connectivity index (χ1v) is 7.32. The van der Waals surface area contributed by atoms with E-state index in [1.165, 1.54) is 12.1 Å². The van der Waals surface area contributed by atoms with Gasteiger partial charge in [-0.05, 0) is 17.7 Å². The fraction of sp³-hybridized carbons (Fsp3) is 0.200. The fourth-order valence-electron chi connectivity index (χ4n) is 1.66. The van der Waals surface area contributed by atoms with E-state index in [0.29, 0.717) is 30.6 Å². The Morgan fingerprint density at radius 2 is 1.52 bits per heavy atom. The molecule has 112 valence electrons. The molecule has 0 aliphatic rings. The molecule has 2 aromatic carbocycles. The summed E-state index contributed by atoms with van der Waals surface area (Å²) in [6.07, 6.45) is 0. The van der Waals surface area contributed by atoms with Crippen molar-refractivity contribution in [2.75, 3.05) is 13.2 Å². The van der Waals surface area contributed by atoms with Crippen LogP contribution in [0.1, 0.15) is 5.56 Å². The molecule has 0 atom stereocenters. The van der Waals surface area contributed by atoms with Gasteiger partial charge >= 0.3 is 0 Å². The van der Waals surface area contributed by atoms with Crippen molar-refractivity contribution < 1.29 is 14.6 Å². The summed E-state index contributed by atoms with van der Waals surface area (Å²) in [5.41, 5.74) is 1.03. The third-order valence-electron chi connectivity index (χ3n) is 2.64. The zero-order valence-electron chi connectivity index (χ0n) is 11.0. The Morgan fingerprint density at radius 1 is 0.905 bits per heavy atom. The van der Waals surface area contributed by atoms with Gasteiger partial charge in [0, 0.05) is 17.2 Å². The third-order valence-corrected chi connectivity index (χ3v) is 3.45. The van der Waals surface area contributed by atoms with Crippen LogP contribution >= 0.6 is 34.8 Å². The summed E-state index contributed by atoms with van der Waals surface area (Å²) >= 11 is 17.7. The quantitative estimate of drug-likeness (QED) is 0.752. The molecule has 0 heterocycles. The highest BCUT2D eigenvalue weighted by Crippen LogP contribution is 2.36. The normalized spacial score (nSPS) is 10.6. The number of phenols is 1. The standard InChI is InChI=1S/C15H13Cl3O3/c16-11-3-1-10(2-4-11)9-20-5-6-21-15-13(17)7-12(19)8-14(15)18/h1-4,7-8,19H,5-6,9H2. The summed E-state index contributed by atoms with van der Waals surface area (Å²) in [5.74, 6) is 0.336. The average Bonchev–Trinajstić information content (AvgIpc) is 2.43. The molecular formula is C15H13Cl3O3. The summed E-state index contributed by atoms with van der Waals surface area (Å²) in [7, 11) is 0. The Bertz CT molecular complexity index is 577. The molecular weight excluding hydrogens is 335 g/mol. The first-order valence-electron chi connectivity index (χ1n) is 6.19. The lowest BCUT2D eigenvalue weighted by molar-refractivity contribution is 0.0890. The molecule has 0 amide bonds. The molecule has 0 unspecified atom stereocenters. The second-order valence-corrected chi connectivity index (χ2v) is 5.52. The summed E-state index contributed by atoms with van der Waals surface area (Å²) in [6.45, 7) is 1.16. The Labute approximate surface area is 138 Å². The molecule has 0 saturated heterocycles. The Hall–Kier alpha value is -1.13. The van der Waals surface area contributed by atoms with Crippen LogP contribution in [-0.2, 0) is 11.3 Å². The van der Waals surface area contributed by atoms with Crippen LogP contribution in [0.25, 0.3) is 0 Å². The van der Waals surface area contributed by atoms with Crippen LogP contribution in [0.5, 0.6) is 11.5 Å². The lowest BCUT2D eigenvalue weighted by Crippen LogP contribution is -2.07. The monoisotopic (exact) mass is 346 g/mol. The van der Waals surface area contributed by atoms with Crippen molar-refractivity contribution >= 4 is 34.8 Å². The molecule has 6 heteroatoms. The molecule has 0 aliphatic heterocycles. The highest BCUT2D eigenvalue weighted by molar-refractivity contribution is 6.37. The number of halogens is 3. The summed E-state index contributed by atoms with van der Waals surface area (Å²) < 4.78 is 10.9. The summed E-state index contributed by atoms with van der Waals surface area (Å²) in [5, 5.41) is 10.5. The van der Waals surface area contributed by atoms with Crippen LogP contribution in [0.2, 0.25) is 15.1 Å². The number of phenolic OH excluding ortho intramolecular Hbond substituents is 1. The van der Waals surface area contributed by atoms with E-state index in [1.54, 1.807) is 0 Å². The van der Waals surface area contributed by atoms with Crippen LogP contribution in [-0.4, -0.2) is 18.3 Å². The number of benzene rings is 2. The van der Waals surface area contributed by atoms with Gasteiger partial charge in [0.25, 0.3) is 0 Å². The number of ether oxygens (including phenoxy) is 2. The fourth-order valence-corrected chi connectivity index (χ4v) is 2.37. The molecule has 0 radical (unpaired) electrons. The minimum absolute atomic E-state index is 0.00339. The molecule has 2 rings (SSSR count). The van der Waals surface area contributed by atoms with Crippen molar-refractivity contribution in [3.8, 4) is 11.5 Å². The largest absolute Gasteiger partial charge is 0.508 e. The molecule has 1 N–H and O–H groups in total. The average molecular weight is 348 g/mol. The molecule has 0 bridgehead atoms. The van der Waals surface area contributed by atoms with Gasteiger partial charge in [-0.25, -0.2) is 0 Å². The smallest absolute Gasteiger partial charge is 0.156 e. The van der Waals surface area contributed by atoms with E-state index in [4.69, 9.17) is 44.3 Å². The van der Waals surface area contributed by atoms with Crippen molar-refractivity contribution in [3.63, 3.8) is 0 Å². The van der Waals surface area contributed by atoms with Gasteiger partial charge in [-0.2, -0.15) is 0 Å². The number of hydrogen-bond acceptors (Lipinski definition) is 3. The Morgan fingerprint density at radius 3 is 2.14 bits per heavy atom. The summed E-state index contributed by atoms with van der Waals surface area (Å²) in [4.78, 5) is 0. The molecule has 21 heavy (non-hydrogen) atoms. The minimum atomic E-state index is -0.00339. The minimum Gasteiger partial charge on any atom is -0.508 e. The van der Waals surface area contributed by atoms with Gasteiger partial charge in [0.1, 0.15) is 12.4 Å². The van der Waals surface area contributed by atoms with Gasteiger partial charge in [-0.15, -0.1) is 0 Å². The van der Waals surface area contributed by atoms with Crippen LogP contribution in [0.4, 0.5) is 0 Å². The zero-order valence-corrected chi connectivity index (χ0v) is 13.3. The zero-order chi connectivity index (χ0) is 15.2. The maximum Gasteiger partial charge on any atom is 0.156 e. The number of rotatable bonds is 6. The van der Waals surface area contributed by atoms with Crippen LogP contribution in [0.15, 0.2) is 36.4 Å². The van der Waals surface area contributed by atoms with Gasteiger partial charge < -0.3 is 14.6 Å². The molecule has 0 spiro atoms. The van der Waals surface area contributed by atoms with E-state index in [0.717, 1.165) is 5.56 Å². The Kier molecular flexibility index (Phi) is 6.00. The topological polar surface area (TPSA) is 38.7 Å². The van der Waals surface area contributed by atoms with Crippen LogP contribution in [0.3, 0.4) is 0 Å². The predicted octanol–water partition coefficient (Wildman–Crippen LogP) is 4.95. The summed E-state index contributed by atoms with van der Waals surface area (Å²) in [6, 6.07) is 10.2. The van der Waals surface area contributed by atoms with Crippen molar-refractivity contribution in [1.82, 2.24) is 0 Å². The molecule has 0 aromatic heterocycles. The first kappa shape index (κ1) is 16.2. The Balaban J connectivity index is 1.76. The van der Waals surface area contributed by atoms with E-state index in [9.17, 15) is 5.11 Å². The van der Waals surface area contributed by atoms with E-state index < -0.39 is 0 Å². The second kappa shape index (κ2) is 7.76. The number of hydrogen-bond donors (Lipinski definition) is 1. The van der Waals surface area contributed by atoms with Gasteiger partial charge in [-0.3, -0.25) is 0 Å². The van der Waals surface area contributed by atoms with Crippen molar-refractivity contribution in [1.29, 1.82) is 0 Å². The predicted molar refractivity (Wildman–Crippen MR) is 84.7 cm³/mol. The van der Waals surface area contributed by atoms with Gasteiger partial charge in [-0.1, -0.05) is 46.9 Å². The molecule has 0 aliphatic carbocycles. The molecule has 2 aromatic rings. The lowest BCUT2D eigenvalue weighted by Gasteiger charge is -2.10. The van der Waals surface area contributed by atoms with E-state index >= 15 is 0 Å². The first-order chi connectivity index (χ1) is 10.1. The van der Waals surface area contributed by atoms with Gasteiger partial charge in [0.2, 0.25) is 0 Å². The third kappa shape index (κ3) is 4.97. The van der Waals surface area contributed by atoms with Gasteiger partial charge in [0.05, 0.1) is 23.3 Å².